The lowest BCUT2D eigenvalue weighted by Gasteiger charge is -2.23. The number of nitrogens with zero attached hydrogens (tertiary/aromatic N) is 3. The third-order valence-electron chi connectivity index (χ3n) is 4.55. The van der Waals surface area contributed by atoms with E-state index in [1.54, 1.807) is 0 Å². The molecule has 0 radical (unpaired) electrons. The van der Waals surface area contributed by atoms with Gasteiger partial charge >= 0.3 is 0 Å². The van der Waals surface area contributed by atoms with E-state index in [0.717, 1.165) is 54.9 Å². The normalized spacial score (nSPS) is 10.9. The zero-order valence-electron chi connectivity index (χ0n) is 15.1. The van der Waals surface area contributed by atoms with E-state index in [1.165, 1.54) is 5.56 Å². The van der Waals surface area contributed by atoms with Gasteiger partial charge in [0.15, 0.2) is 0 Å². The zero-order chi connectivity index (χ0) is 19.1. The van der Waals surface area contributed by atoms with E-state index in [0.29, 0.717) is 17.3 Å². The number of H-pyrrole nitrogens is 1. The van der Waals surface area contributed by atoms with Gasteiger partial charge in [-0.25, -0.2) is 4.98 Å². The summed E-state index contributed by atoms with van der Waals surface area (Å²) in [6.07, 6.45) is 2.88. The van der Waals surface area contributed by atoms with Crippen LogP contribution in [0.1, 0.15) is 23.4 Å². The van der Waals surface area contributed by atoms with Crippen LogP contribution in [-0.4, -0.2) is 34.8 Å². The van der Waals surface area contributed by atoms with Crippen molar-refractivity contribution in [2.24, 2.45) is 0 Å². The van der Waals surface area contributed by atoms with Gasteiger partial charge in [0.25, 0.3) is 0 Å². The molecule has 1 N–H and O–H groups in total. The van der Waals surface area contributed by atoms with Gasteiger partial charge in [-0.3, -0.25) is 0 Å². The highest BCUT2D eigenvalue weighted by Gasteiger charge is 2.06. The Hall–Kier alpha value is -2.22. The molecule has 0 saturated carbocycles. The number of halogens is 2. The molecule has 3 rings (SSSR count). The van der Waals surface area contributed by atoms with Gasteiger partial charge in [-0.2, -0.15) is 5.26 Å². The Morgan fingerprint density at radius 1 is 1.00 bits per heavy atom. The Labute approximate surface area is 169 Å². The second-order valence-corrected chi connectivity index (χ2v) is 7.17. The smallest absolute Gasteiger partial charge is 0.107 e. The number of anilines is 1. The van der Waals surface area contributed by atoms with Crippen molar-refractivity contribution >= 4 is 39.9 Å². The van der Waals surface area contributed by atoms with Crippen LogP contribution in [0.25, 0.3) is 11.0 Å². The molecule has 0 aliphatic heterocycles. The second-order valence-electron chi connectivity index (χ2n) is 6.41. The molecular formula is C21H22Cl2N4. The second kappa shape index (κ2) is 9.64. The molecule has 140 valence electrons. The van der Waals surface area contributed by atoms with E-state index in [4.69, 9.17) is 28.5 Å². The number of aryl methyl sites for hydroxylation is 2. The van der Waals surface area contributed by atoms with Gasteiger partial charge in [0.2, 0.25) is 0 Å². The SMILES string of the molecule is N#Cc1ccc2[nH]c(CCCc3ccc(N(CCCl)CCCl)cc3)nc2c1. The molecule has 1 heterocycles. The monoisotopic (exact) mass is 400 g/mol. The third-order valence-corrected chi connectivity index (χ3v) is 4.89. The molecule has 0 amide bonds. The van der Waals surface area contributed by atoms with Gasteiger partial charge in [-0.15, -0.1) is 23.2 Å². The van der Waals surface area contributed by atoms with Crippen molar-refractivity contribution in [3.63, 3.8) is 0 Å². The van der Waals surface area contributed by atoms with E-state index < -0.39 is 0 Å². The minimum absolute atomic E-state index is 0.589. The van der Waals surface area contributed by atoms with Crippen molar-refractivity contribution < 1.29 is 0 Å². The standard InChI is InChI=1S/C21H22Cl2N4/c22-10-12-27(13-11-23)18-7-4-16(5-8-18)2-1-3-21-25-19-9-6-17(15-24)14-20(19)26-21/h4-9,14H,1-3,10-13H2,(H,25,26). The molecule has 0 aliphatic rings. The predicted molar refractivity (Wildman–Crippen MR) is 113 cm³/mol. The molecule has 0 unspecified atom stereocenters. The Kier molecular flexibility index (Phi) is 6.98. The molecule has 2 aromatic carbocycles. The van der Waals surface area contributed by atoms with Crippen LogP contribution in [0.4, 0.5) is 5.69 Å². The van der Waals surface area contributed by atoms with Crippen molar-refractivity contribution in [2.75, 3.05) is 29.7 Å². The number of nitrogens with one attached hydrogen (secondary N) is 1. The number of benzene rings is 2. The van der Waals surface area contributed by atoms with E-state index in [1.807, 2.05) is 18.2 Å². The molecule has 0 aliphatic carbocycles. The van der Waals surface area contributed by atoms with E-state index in [-0.39, 0.29) is 0 Å². The molecule has 0 bridgehead atoms. The Balaban J connectivity index is 1.56. The van der Waals surface area contributed by atoms with Crippen LogP contribution in [0.2, 0.25) is 0 Å². The summed E-state index contributed by atoms with van der Waals surface area (Å²) in [6.45, 7) is 1.60. The van der Waals surface area contributed by atoms with Crippen LogP contribution in [0, 0.1) is 11.3 Å². The summed E-state index contributed by atoms with van der Waals surface area (Å²) in [5.74, 6) is 2.14. The quantitative estimate of drug-likeness (QED) is 0.519. The molecule has 1 aromatic heterocycles. The van der Waals surface area contributed by atoms with Gasteiger partial charge in [0, 0.05) is 37.0 Å². The highest BCUT2D eigenvalue weighted by Crippen LogP contribution is 2.18. The van der Waals surface area contributed by atoms with Gasteiger partial charge in [-0.05, 0) is 48.7 Å². The summed E-state index contributed by atoms with van der Waals surface area (Å²) >= 11 is 11.8. The molecule has 0 atom stereocenters. The summed E-state index contributed by atoms with van der Waals surface area (Å²) in [5.41, 5.74) is 4.93. The van der Waals surface area contributed by atoms with Crippen molar-refractivity contribution in [3.8, 4) is 6.07 Å². The largest absolute Gasteiger partial charge is 0.369 e. The number of nitriles is 1. The van der Waals surface area contributed by atoms with Crippen LogP contribution in [0.15, 0.2) is 42.5 Å². The first-order chi connectivity index (χ1) is 13.2. The maximum Gasteiger partial charge on any atom is 0.107 e. The zero-order valence-corrected chi connectivity index (χ0v) is 16.6. The topological polar surface area (TPSA) is 55.7 Å². The number of aromatic amines is 1. The van der Waals surface area contributed by atoms with Crippen molar-refractivity contribution in [2.45, 2.75) is 19.3 Å². The van der Waals surface area contributed by atoms with Crippen molar-refractivity contribution in [1.29, 1.82) is 5.26 Å². The molecule has 0 saturated heterocycles. The van der Waals surface area contributed by atoms with Crippen molar-refractivity contribution in [1.82, 2.24) is 9.97 Å². The van der Waals surface area contributed by atoms with Crippen LogP contribution >= 0.6 is 23.2 Å². The van der Waals surface area contributed by atoms with Crippen molar-refractivity contribution in [3.05, 3.63) is 59.4 Å². The maximum absolute atomic E-state index is 8.98. The molecular weight excluding hydrogens is 379 g/mol. The van der Waals surface area contributed by atoms with Gasteiger partial charge in [0.1, 0.15) is 5.82 Å². The molecule has 3 aromatic rings. The minimum Gasteiger partial charge on any atom is -0.369 e. The fourth-order valence-electron chi connectivity index (χ4n) is 3.15. The number of rotatable bonds is 9. The highest BCUT2D eigenvalue weighted by atomic mass is 35.5. The number of fused-ring (bicyclic) bond motifs is 1. The first-order valence-electron chi connectivity index (χ1n) is 9.08. The summed E-state index contributed by atoms with van der Waals surface area (Å²) in [6, 6.07) is 16.3. The summed E-state index contributed by atoms with van der Waals surface area (Å²) in [7, 11) is 0. The van der Waals surface area contributed by atoms with Crippen LogP contribution < -0.4 is 4.90 Å². The molecule has 4 nitrogen and oxygen atoms in total. The van der Waals surface area contributed by atoms with Crippen LogP contribution in [0.5, 0.6) is 0 Å². The fourth-order valence-corrected chi connectivity index (χ4v) is 3.56. The lowest BCUT2D eigenvalue weighted by molar-refractivity contribution is 0.785. The average molecular weight is 401 g/mol. The number of imidazole rings is 1. The van der Waals surface area contributed by atoms with E-state index in [9.17, 15) is 0 Å². The lowest BCUT2D eigenvalue weighted by Crippen LogP contribution is -2.27. The molecule has 6 heteroatoms. The summed E-state index contributed by atoms with van der Waals surface area (Å²) in [4.78, 5) is 10.1. The summed E-state index contributed by atoms with van der Waals surface area (Å²) in [5, 5.41) is 8.98. The average Bonchev–Trinajstić information content (AvgIpc) is 3.10. The molecule has 27 heavy (non-hydrogen) atoms. The Morgan fingerprint density at radius 3 is 2.41 bits per heavy atom. The minimum atomic E-state index is 0.589. The number of aromatic nitrogens is 2. The molecule has 0 spiro atoms. The Bertz CT molecular complexity index is 906. The molecule has 0 fully saturated rings. The first-order valence-corrected chi connectivity index (χ1v) is 10.1. The first kappa shape index (κ1) is 19.5. The number of hydrogen-bond donors (Lipinski definition) is 1. The number of alkyl halides is 2. The van der Waals surface area contributed by atoms with Gasteiger partial charge in [0.05, 0.1) is 22.7 Å². The maximum atomic E-state index is 8.98. The fraction of sp³-hybridized carbons (Fsp3) is 0.333. The van der Waals surface area contributed by atoms with Gasteiger partial charge in [-0.1, -0.05) is 12.1 Å². The number of hydrogen-bond acceptors (Lipinski definition) is 3. The van der Waals surface area contributed by atoms with Gasteiger partial charge < -0.3 is 9.88 Å². The Morgan fingerprint density at radius 2 is 1.74 bits per heavy atom. The third kappa shape index (κ3) is 5.15. The van der Waals surface area contributed by atoms with Crippen LogP contribution in [0.3, 0.4) is 0 Å². The lowest BCUT2D eigenvalue weighted by atomic mass is 10.1. The highest BCUT2D eigenvalue weighted by molar-refractivity contribution is 6.18. The van der Waals surface area contributed by atoms with E-state index >= 15 is 0 Å². The predicted octanol–water partition coefficient (Wildman–Crippen LogP) is 4.89. The van der Waals surface area contributed by atoms with E-state index in [2.05, 4.69) is 45.2 Å². The van der Waals surface area contributed by atoms with Crippen LogP contribution in [-0.2, 0) is 12.8 Å². The summed E-state index contributed by atoms with van der Waals surface area (Å²) < 4.78 is 0.